The van der Waals surface area contributed by atoms with Gasteiger partial charge in [0.25, 0.3) is 0 Å². The van der Waals surface area contributed by atoms with Crippen LogP contribution in [0.15, 0.2) is 191 Å². The molecule has 61 heavy (non-hydrogen) atoms. The molecule has 0 aliphatic rings. The maximum atomic E-state index is 6.58. The summed E-state index contributed by atoms with van der Waals surface area (Å²) in [7, 11) is 0. The maximum Gasteiger partial charge on any atom is 0.227 e. The number of furan rings is 1. The Balaban J connectivity index is 0.908. The van der Waals surface area contributed by atoms with Gasteiger partial charge in [-0.25, -0.2) is 19.9 Å². The molecular weight excluding hydrogens is 769 g/mol. The molecule has 284 valence electrons. The standard InChI is InChI=1S/C54H30N4O2S/c1-2-11-31(12-3-1)51-56-52(58-53(57-51)43-28-34-13-4-5-16-37(34)38-17-6-7-18-39(38)43)35-15-10-14-32(27-35)33-21-24-42-46(29-33)59-45-26-25-44-50(49(42)45)60-54(55-44)36-22-23-41-40-19-8-9-20-47(40)61-48(41)30-36/h1-30H. The van der Waals surface area contributed by atoms with E-state index in [4.69, 9.17) is 28.8 Å². The van der Waals surface area contributed by atoms with Crippen molar-refractivity contribution >= 4 is 86.1 Å². The van der Waals surface area contributed by atoms with Gasteiger partial charge in [-0.3, -0.25) is 0 Å². The van der Waals surface area contributed by atoms with E-state index in [1.165, 1.54) is 25.6 Å². The zero-order valence-corrected chi connectivity index (χ0v) is 33.2. The van der Waals surface area contributed by atoms with Gasteiger partial charge in [-0.15, -0.1) is 11.3 Å². The van der Waals surface area contributed by atoms with Gasteiger partial charge >= 0.3 is 0 Å². The molecule has 0 unspecified atom stereocenters. The first kappa shape index (κ1) is 33.9. The predicted octanol–water partition coefficient (Wildman–Crippen LogP) is 14.9. The van der Waals surface area contributed by atoms with Gasteiger partial charge in [-0.05, 0) is 87.3 Å². The molecule has 4 heterocycles. The molecule has 0 spiro atoms. The van der Waals surface area contributed by atoms with Crippen molar-refractivity contribution in [2.24, 2.45) is 0 Å². The number of hydrogen-bond acceptors (Lipinski definition) is 7. The number of thiophene rings is 1. The lowest BCUT2D eigenvalue weighted by molar-refractivity contribution is 0.622. The highest BCUT2D eigenvalue weighted by Crippen LogP contribution is 2.41. The van der Waals surface area contributed by atoms with E-state index in [9.17, 15) is 0 Å². The van der Waals surface area contributed by atoms with Crippen molar-refractivity contribution in [3.63, 3.8) is 0 Å². The minimum absolute atomic E-state index is 0.593. The van der Waals surface area contributed by atoms with E-state index >= 15 is 0 Å². The average molecular weight is 799 g/mol. The predicted molar refractivity (Wildman–Crippen MR) is 250 cm³/mol. The Morgan fingerprint density at radius 2 is 1.03 bits per heavy atom. The third-order valence-electron chi connectivity index (χ3n) is 11.7. The summed E-state index contributed by atoms with van der Waals surface area (Å²) in [5.41, 5.74) is 8.79. The highest BCUT2D eigenvalue weighted by molar-refractivity contribution is 7.25. The molecule has 0 aliphatic heterocycles. The molecule has 0 bridgehead atoms. The Bertz CT molecular complexity index is 3900. The fraction of sp³-hybridized carbons (Fsp3) is 0. The van der Waals surface area contributed by atoms with Gasteiger partial charge in [0, 0.05) is 47.8 Å². The van der Waals surface area contributed by atoms with Crippen LogP contribution >= 0.6 is 11.3 Å². The number of rotatable bonds is 5. The molecule has 13 rings (SSSR count). The molecular formula is C54H30N4O2S. The summed E-state index contributed by atoms with van der Waals surface area (Å²) in [6.07, 6.45) is 0. The lowest BCUT2D eigenvalue weighted by Crippen LogP contribution is -2.01. The lowest BCUT2D eigenvalue weighted by atomic mass is 9.96. The van der Waals surface area contributed by atoms with E-state index in [2.05, 4.69) is 140 Å². The van der Waals surface area contributed by atoms with Crippen LogP contribution in [0.25, 0.3) is 132 Å². The summed E-state index contributed by atoms with van der Waals surface area (Å²) in [5.74, 6) is 2.44. The van der Waals surface area contributed by atoms with E-state index in [-0.39, 0.29) is 0 Å². The van der Waals surface area contributed by atoms with Crippen LogP contribution in [-0.4, -0.2) is 19.9 Å². The van der Waals surface area contributed by atoms with Crippen molar-refractivity contribution in [1.82, 2.24) is 19.9 Å². The topological polar surface area (TPSA) is 77.8 Å². The number of hydrogen-bond donors (Lipinski definition) is 0. The number of fused-ring (bicyclic) bond motifs is 11. The smallest absolute Gasteiger partial charge is 0.227 e. The Hall–Kier alpha value is -8.00. The Kier molecular flexibility index (Phi) is 7.37. The van der Waals surface area contributed by atoms with Crippen LogP contribution in [0.2, 0.25) is 0 Å². The van der Waals surface area contributed by atoms with Gasteiger partial charge in [0.1, 0.15) is 16.7 Å². The molecule has 0 atom stereocenters. The van der Waals surface area contributed by atoms with Crippen LogP contribution in [0.4, 0.5) is 0 Å². The molecule has 0 fully saturated rings. The molecule has 0 saturated heterocycles. The van der Waals surface area contributed by atoms with Crippen LogP contribution in [0.3, 0.4) is 0 Å². The van der Waals surface area contributed by atoms with Gasteiger partial charge in [0.05, 0.1) is 5.39 Å². The Morgan fingerprint density at radius 1 is 0.361 bits per heavy atom. The summed E-state index contributed by atoms with van der Waals surface area (Å²) in [6, 6.07) is 62.9. The number of aromatic nitrogens is 4. The van der Waals surface area contributed by atoms with Crippen LogP contribution in [0, 0.1) is 0 Å². The van der Waals surface area contributed by atoms with Gasteiger partial charge < -0.3 is 8.83 Å². The van der Waals surface area contributed by atoms with Crippen molar-refractivity contribution in [3.05, 3.63) is 182 Å². The second-order valence-corrected chi connectivity index (χ2v) is 16.5. The van der Waals surface area contributed by atoms with Crippen LogP contribution < -0.4 is 0 Å². The van der Waals surface area contributed by atoms with E-state index in [0.29, 0.717) is 23.4 Å². The summed E-state index contributed by atoms with van der Waals surface area (Å²) in [6.45, 7) is 0. The second kappa shape index (κ2) is 13.3. The Morgan fingerprint density at radius 3 is 1.93 bits per heavy atom. The maximum absolute atomic E-state index is 6.58. The van der Waals surface area contributed by atoms with Gasteiger partial charge in [0.2, 0.25) is 5.89 Å². The molecule has 0 amide bonds. The normalized spacial score (nSPS) is 11.9. The molecule has 9 aromatic carbocycles. The van der Waals surface area contributed by atoms with Crippen molar-refractivity contribution in [1.29, 1.82) is 0 Å². The van der Waals surface area contributed by atoms with Gasteiger partial charge in [-0.1, -0.05) is 127 Å². The molecule has 7 heteroatoms. The first-order valence-corrected chi connectivity index (χ1v) is 21.0. The van der Waals surface area contributed by atoms with E-state index in [0.717, 1.165) is 82.6 Å². The minimum atomic E-state index is 0.593. The lowest BCUT2D eigenvalue weighted by Gasteiger charge is -2.13. The largest absolute Gasteiger partial charge is 0.456 e. The zero-order chi connectivity index (χ0) is 40.0. The molecule has 0 aliphatic carbocycles. The van der Waals surface area contributed by atoms with Gasteiger partial charge in [0.15, 0.2) is 23.1 Å². The van der Waals surface area contributed by atoms with Gasteiger partial charge in [-0.2, -0.15) is 0 Å². The number of oxazole rings is 1. The molecule has 0 radical (unpaired) electrons. The highest BCUT2D eigenvalue weighted by atomic mass is 32.1. The summed E-state index contributed by atoms with van der Waals surface area (Å²) in [5, 5.41) is 9.00. The van der Waals surface area contributed by atoms with Crippen LogP contribution in [-0.2, 0) is 0 Å². The third-order valence-corrected chi connectivity index (χ3v) is 12.9. The van der Waals surface area contributed by atoms with Crippen LogP contribution in [0.1, 0.15) is 0 Å². The van der Waals surface area contributed by atoms with E-state index in [1.54, 1.807) is 11.3 Å². The second-order valence-electron chi connectivity index (χ2n) is 15.4. The average Bonchev–Trinajstić information content (AvgIpc) is 4.04. The zero-order valence-electron chi connectivity index (χ0n) is 32.3. The molecule has 0 N–H and O–H groups in total. The fourth-order valence-electron chi connectivity index (χ4n) is 8.83. The molecule has 4 aromatic heterocycles. The molecule has 6 nitrogen and oxygen atoms in total. The first-order valence-electron chi connectivity index (χ1n) is 20.2. The van der Waals surface area contributed by atoms with Crippen molar-refractivity contribution in [2.75, 3.05) is 0 Å². The minimum Gasteiger partial charge on any atom is -0.456 e. The van der Waals surface area contributed by atoms with E-state index in [1.807, 2.05) is 42.5 Å². The molecule has 0 saturated carbocycles. The summed E-state index contributed by atoms with van der Waals surface area (Å²) < 4.78 is 15.6. The fourth-order valence-corrected chi connectivity index (χ4v) is 9.97. The SMILES string of the molecule is c1ccc(-c2nc(-c3cccc(-c4ccc5c(c4)oc4ccc6nc(-c7ccc8c(c7)sc7ccccc78)oc6c45)c3)nc(-c3cc4ccccc4c4ccccc34)n2)cc1. The van der Waals surface area contributed by atoms with Crippen molar-refractivity contribution in [3.8, 4) is 56.7 Å². The molecule has 13 aromatic rings. The van der Waals surface area contributed by atoms with Crippen molar-refractivity contribution < 1.29 is 8.83 Å². The number of benzene rings is 9. The quantitative estimate of drug-likeness (QED) is 0.161. The highest BCUT2D eigenvalue weighted by Gasteiger charge is 2.20. The van der Waals surface area contributed by atoms with E-state index < -0.39 is 0 Å². The Labute approximate surface area is 352 Å². The monoisotopic (exact) mass is 798 g/mol. The third kappa shape index (κ3) is 5.48. The first-order chi connectivity index (χ1) is 30.2. The number of nitrogens with zero attached hydrogens (tertiary/aromatic N) is 4. The summed E-state index contributed by atoms with van der Waals surface area (Å²) >= 11 is 1.79. The van der Waals surface area contributed by atoms with Crippen molar-refractivity contribution in [2.45, 2.75) is 0 Å². The van der Waals surface area contributed by atoms with Crippen LogP contribution in [0.5, 0.6) is 0 Å². The summed E-state index contributed by atoms with van der Waals surface area (Å²) in [4.78, 5) is 20.3.